The number of nitrogens with zero attached hydrogens (tertiary/aromatic N) is 4. The number of rotatable bonds is 4. The molecule has 9 nitrogen and oxygen atoms in total. The van der Waals surface area contributed by atoms with E-state index in [2.05, 4.69) is 25.6 Å². The van der Waals surface area contributed by atoms with Crippen LogP contribution in [0.3, 0.4) is 0 Å². The van der Waals surface area contributed by atoms with Gasteiger partial charge in [-0.15, -0.1) is 0 Å². The van der Waals surface area contributed by atoms with Crippen molar-refractivity contribution in [2.24, 2.45) is 0 Å². The fourth-order valence-electron chi connectivity index (χ4n) is 1.66. The molecule has 0 aliphatic heterocycles. The number of nitriles is 1. The van der Waals surface area contributed by atoms with Gasteiger partial charge in [0, 0.05) is 5.69 Å². The number of hydrogen-bond donors (Lipinski definition) is 3. The standard InChI is InChI=1S/C11H9ClN6O3S/c1-6-4-7(2-3-8(6)22(19,20)21)15-11-17-9(12)16-10(18-11)14-5-13/h2-4H,1H3,(H,19,20,21)(H2,14,15,16,17,18). The molecule has 0 saturated carbocycles. The monoisotopic (exact) mass is 340 g/mol. The minimum Gasteiger partial charge on any atom is -0.324 e. The fraction of sp³-hybridized carbons (Fsp3) is 0.0909. The number of benzene rings is 1. The van der Waals surface area contributed by atoms with Crippen LogP contribution in [-0.2, 0) is 10.1 Å². The summed E-state index contributed by atoms with van der Waals surface area (Å²) in [5, 5.41) is 13.4. The van der Waals surface area contributed by atoms with Crippen LogP contribution < -0.4 is 10.6 Å². The van der Waals surface area contributed by atoms with Crippen LogP contribution in [0.15, 0.2) is 23.1 Å². The zero-order valence-corrected chi connectivity index (χ0v) is 12.6. The highest BCUT2D eigenvalue weighted by molar-refractivity contribution is 7.85. The number of aromatic nitrogens is 3. The molecule has 0 amide bonds. The first kappa shape index (κ1) is 15.9. The maximum absolute atomic E-state index is 11.1. The molecule has 0 saturated heterocycles. The van der Waals surface area contributed by atoms with Crippen molar-refractivity contribution in [3.8, 4) is 6.19 Å². The largest absolute Gasteiger partial charge is 0.324 e. The van der Waals surface area contributed by atoms with Gasteiger partial charge in [0.25, 0.3) is 10.1 Å². The van der Waals surface area contributed by atoms with Crippen molar-refractivity contribution in [1.82, 2.24) is 15.0 Å². The minimum atomic E-state index is -4.28. The maximum Gasteiger partial charge on any atom is 0.294 e. The first-order valence-electron chi connectivity index (χ1n) is 5.71. The van der Waals surface area contributed by atoms with Crippen molar-refractivity contribution in [2.75, 3.05) is 10.6 Å². The van der Waals surface area contributed by atoms with Crippen LogP contribution in [0.5, 0.6) is 0 Å². The highest BCUT2D eigenvalue weighted by Crippen LogP contribution is 2.22. The van der Waals surface area contributed by atoms with Crippen molar-refractivity contribution >= 4 is 39.3 Å². The molecular weight excluding hydrogens is 332 g/mol. The van der Waals surface area contributed by atoms with Crippen LogP contribution in [0.25, 0.3) is 0 Å². The second-order valence-corrected chi connectivity index (χ2v) is 5.80. The van der Waals surface area contributed by atoms with Crippen molar-refractivity contribution in [2.45, 2.75) is 11.8 Å². The number of hydrogen-bond acceptors (Lipinski definition) is 8. The topological polar surface area (TPSA) is 141 Å². The number of nitrogens with one attached hydrogen (secondary N) is 2. The van der Waals surface area contributed by atoms with Gasteiger partial charge in [0.2, 0.25) is 17.2 Å². The van der Waals surface area contributed by atoms with E-state index in [-0.39, 0.29) is 22.1 Å². The number of halogens is 1. The lowest BCUT2D eigenvalue weighted by Gasteiger charge is -2.08. The average Bonchev–Trinajstić information content (AvgIpc) is 2.36. The molecule has 0 unspecified atom stereocenters. The normalized spacial score (nSPS) is 10.8. The van der Waals surface area contributed by atoms with Crippen molar-refractivity contribution in [3.05, 3.63) is 29.0 Å². The molecule has 11 heteroatoms. The van der Waals surface area contributed by atoms with Crippen molar-refractivity contribution < 1.29 is 13.0 Å². The summed E-state index contributed by atoms with van der Waals surface area (Å²) in [6.07, 6.45) is 1.65. The molecule has 0 fully saturated rings. The van der Waals surface area contributed by atoms with Gasteiger partial charge in [-0.25, -0.2) is 0 Å². The summed E-state index contributed by atoms with van der Waals surface area (Å²) in [7, 11) is -4.28. The third-order valence-electron chi connectivity index (χ3n) is 2.48. The Kier molecular flexibility index (Phi) is 4.41. The molecule has 2 rings (SSSR count). The minimum absolute atomic E-state index is 0.0312. The van der Waals surface area contributed by atoms with E-state index in [4.69, 9.17) is 21.4 Å². The second kappa shape index (κ2) is 6.10. The Morgan fingerprint density at radius 2 is 1.95 bits per heavy atom. The van der Waals surface area contributed by atoms with Gasteiger partial charge in [0.1, 0.15) is 0 Å². The van der Waals surface area contributed by atoms with Gasteiger partial charge in [-0.2, -0.15) is 28.6 Å². The van der Waals surface area contributed by atoms with Crippen molar-refractivity contribution in [3.63, 3.8) is 0 Å². The molecule has 114 valence electrons. The maximum atomic E-state index is 11.1. The van der Waals surface area contributed by atoms with Gasteiger partial charge >= 0.3 is 0 Å². The zero-order valence-electron chi connectivity index (χ0n) is 11.1. The van der Waals surface area contributed by atoms with Gasteiger partial charge in [0.15, 0.2) is 6.19 Å². The molecule has 1 aromatic heterocycles. The predicted molar refractivity (Wildman–Crippen MR) is 78.3 cm³/mol. The van der Waals surface area contributed by atoms with Gasteiger partial charge in [-0.3, -0.25) is 9.87 Å². The molecule has 1 aromatic carbocycles. The Morgan fingerprint density at radius 1 is 1.27 bits per heavy atom. The molecule has 0 bridgehead atoms. The molecule has 22 heavy (non-hydrogen) atoms. The van der Waals surface area contributed by atoms with Gasteiger partial charge in [-0.05, 0) is 42.3 Å². The Labute approximate surface area is 130 Å². The van der Waals surface area contributed by atoms with Crippen LogP contribution in [0, 0.1) is 18.4 Å². The third-order valence-corrected chi connectivity index (χ3v) is 3.67. The lowest BCUT2D eigenvalue weighted by Crippen LogP contribution is -2.05. The molecule has 0 spiro atoms. The molecule has 0 aliphatic carbocycles. The Balaban J connectivity index is 2.32. The summed E-state index contributed by atoms with van der Waals surface area (Å²) < 4.78 is 31.3. The summed E-state index contributed by atoms with van der Waals surface area (Å²) in [5.41, 5.74) is 0.804. The fourth-order valence-corrected chi connectivity index (χ4v) is 2.52. The summed E-state index contributed by atoms with van der Waals surface area (Å²) in [5.74, 6) is 0.0352. The first-order valence-corrected chi connectivity index (χ1v) is 7.53. The van der Waals surface area contributed by atoms with Gasteiger partial charge in [-0.1, -0.05) is 0 Å². The summed E-state index contributed by atoms with van der Waals surface area (Å²) >= 11 is 5.70. The van der Waals surface area contributed by atoms with E-state index in [0.29, 0.717) is 11.3 Å². The molecule has 0 aliphatic rings. The lowest BCUT2D eigenvalue weighted by molar-refractivity contribution is 0.482. The van der Waals surface area contributed by atoms with E-state index < -0.39 is 10.1 Å². The molecular formula is C11H9ClN6O3S. The Morgan fingerprint density at radius 3 is 2.55 bits per heavy atom. The lowest BCUT2D eigenvalue weighted by atomic mass is 10.2. The van der Waals surface area contributed by atoms with E-state index in [1.165, 1.54) is 25.1 Å². The number of anilines is 3. The van der Waals surface area contributed by atoms with E-state index in [1.54, 1.807) is 6.19 Å². The van der Waals surface area contributed by atoms with Gasteiger partial charge in [0.05, 0.1) is 4.90 Å². The van der Waals surface area contributed by atoms with E-state index in [0.717, 1.165) is 0 Å². The van der Waals surface area contributed by atoms with Crippen LogP contribution in [-0.4, -0.2) is 27.9 Å². The quantitative estimate of drug-likeness (QED) is 0.430. The van der Waals surface area contributed by atoms with Gasteiger partial charge < -0.3 is 5.32 Å². The molecule has 2 aromatic rings. The van der Waals surface area contributed by atoms with Crippen LogP contribution in [0.4, 0.5) is 17.6 Å². The third kappa shape index (κ3) is 3.79. The molecule has 0 radical (unpaired) electrons. The second-order valence-electron chi connectivity index (χ2n) is 4.07. The Bertz CT molecular complexity index is 865. The zero-order chi connectivity index (χ0) is 16.3. The molecule has 1 heterocycles. The SMILES string of the molecule is Cc1cc(Nc2nc(Cl)nc(NC#N)n2)ccc1S(=O)(=O)O. The van der Waals surface area contributed by atoms with E-state index in [1.807, 2.05) is 0 Å². The molecule has 3 N–H and O–H groups in total. The van der Waals surface area contributed by atoms with E-state index in [9.17, 15) is 8.42 Å². The highest BCUT2D eigenvalue weighted by atomic mass is 35.5. The van der Waals surface area contributed by atoms with E-state index >= 15 is 0 Å². The van der Waals surface area contributed by atoms with Crippen LogP contribution in [0.1, 0.15) is 5.56 Å². The van der Waals surface area contributed by atoms with Crippen molar-refractivity contribution in [1.29, 1.82) is 5.26 Å². The van der Waals surface area contributed by atoms with Crippen LogP contribution >= 0.6 is 11.6 Å². The first-order chi connectivity index (χ1) is 10.3. The van der Waals surface area contributed by atoms with Crippen LogP contribution in [0.2, 0.25) is 5.28 Å². The predicted octanol–water partition coefficient (Wildman–Crippen LogP) is 1.72. The highest BCUT2D eigenvalue weighted by Gasteiger charge is 2.13. The summed E-state index contributed by atoms with van der Waals surface area (Å²) in [6.45, 7) is 1.53. The summed E-state index contributed by atoms with van der Waals surface area (Å²) in [6, 6.07) is 4.15. The average molecular weight is 341 g/mol. The number of aryl methyl sites for hydroxylation is 1. The summed E-state index contributed by atoms with van der Waals surface area (Å²) in [4.78, 5) is 11.2. The smallest absolute Gasteiger partial charge is 0.294 e. The Hall–Kier alpha value is -2.48. The molecule has 0 atom stereocenters.